The SMILES string of the molecule is CC(COc1ccc(Cl)cc1N)CN1CCCC1. The minimum Gasteiger partial charge on any atom is -0.491 e. The number of benzene rings is 1. The summed E-state index contributed by atoms with van der Waals surface area (Å²) in [6.45, 7) is 6.47. The summed E-state index contributed by atoms with van der Waals surface area (Å²) in [4.78, 5) is 2.50. The highest BCUT2D eigenvalue weighted by molar-refractivity contribution is 6.30. The molecule has 0 aromatic heterocycles. The standard InChI is InChI=1S/C14H21ClN2O/c1-11(9-17-6-2-3-7-17)10-18-14-5-4-12(15)8-13(14)16/h4-5,8,11H,2-3,6-7,9-10,16H2,1H3. The summed E-state index contributed by atoms with van der Waals surface area (Å²) in [5, 5.41) is 0.643. The van der Waals surface area contributed by atoms with Crippen molar-refractivity contribution in [2.75, 3.05) is 32.0 Å². The molecule has 0 aliphatic carbocycles. The van der Waals surface area contributed by atoms with Crippen LogP contribution in [0.15, 0.2) is 18.2 Å². The fourth-order valence-corrected chi connectivity index (χ4v) is 2.52. The lowest BCUT2D eigenvalue weighted by atomic mass is 10.2. The van der Waals surface area contributed by atoms with Crippen LogP contribution < -0.4 is 10.5 Å². The summed E-state index contributed by atoms with van der Waals surface area (Å²) in [5.41, 5.74) is 6.46. The van der Waals surface area contributed by atoms with Crippen molar-refractivity contribution in [3.8, 4) is 5.75 Å². The van der Waals surface area contributed by atoms with Gasteiger partial charge in [-0.15, -0.1) is 0 Å². The summed E-state index contributed by atoms with van der Waals surface area (Å²) in [6.07, 6.45) is 2.66. The number of halogens is 1. The van der Waals surface area contributed by atoms with E-state index >= 15 is 0 Å². The van der Waals surface area contributed by atoms with Crippen LogP contribution in [0.1, 0.15) is 19.8 Å². The van der Waals surface area contributed by atoms with Crippen LogP contribution in [0.4, 0.5) is 5.69 Å². The van der Waals surface area contributed by atoms with E-state index in [0.717, 1.165) is 12.3 Å². The van der Waals surface area contributed by atoms with Gasteiger partial charge in [0, 0.05) is 17.5 Å². The largest absolute Gasteiger partial charge is 0.491 e. The number of nitrogens with two attached hydrogens (primary N) is 1. The molecule has 3 nitrogen and oxygen atoms in total. The number of ether oxygens (including phenoxy) is 1. The van der Waals surface area contributed by atoms with Gasteiger partial charge in [-0.1, -0.05) is 18.5 Å². The lowest BCUT2D eigenvalue weighted by molar-refractivity contribution is 0.207. The fourth-order valence-electron chi connectivity index (χ4n) is 2.34. The lowest BCUT2D eigenvalue weighted by Crippen LogP contribution is -2.28. The first-order valence-electron chi connectivity index (χ1n) is 6.55. The Morgan fingerprint density at radius 2 is 2.11 bits per heavy atom. The molecule has 4 heteroatoms. The summed E-state index contributed by atoms with van der Waals surface area (Å²) in [7, 11) is 0. The maximum atomic E-state index is 5.85. The van der Waals surface area contributed by atoms with Crippen LogP contribution in [-0.2, 0) is 0 Å². The van der Waals surface area contributed by atoms with Crippen LogP contribution in [-0.4, -0.2) is 31.1 Å². The van der Waals surface area contributed by atoms with Gasteiger partial charge in [-0.2, -0.15) is 0 Å². The van der Waals surface area contributed by atoms with E-state index in [1.165, 1.54) is 25.9 Å². The van der Waals surface area contributed by atoms with Crippen molar-refractivity contribution in [3.05, 3.63) is 23.2 Å². The third kappa shape index (κ3) is 3.79. The van der Waals surface area contributed by atoms with Crippen LogP contribution in [0.25, 0.3) is 0 Å². The maximum Gasteiger partial charge on any atom is 0.142 e. The minimum atomic E-state index is 0.512. The molecule has 18 heavy (non-hydrogen) atoms. The van der Waals surface area contributed by atoms with E-state index in [1.807, 2.05) is 6.07 Å². The second-order valence-electron chi connectivity index (χ2n) is 5.11. The van der Waals surface area contributed by atoms with Crippen LogP contribution in [0.5, 0.6) is 5.75 Å². The molecule has 0 radical (unpaired) electrons. The molecule has 100 valence electrons. The summed E-state index contributed by atoms with van der Waals surface area (Å²) in [5.74, 6) is 1.24. The average molecular weight is 269 g/mol. The molecule has 1 unspecified atom stereocenters. The van der Waals surface area contributed by atoms with Gasteiger partial charge in [0.15, 0.2) is 0 Å². The Balaban J connectivity index is 1.79. The predicted molar refractivity (Wildman–Crippen MR) is 76.2 cm³/mol. The second kappa shape index (κ2) is 6.30. The van der Waals surface area contributed by atoms with Gasteiger partial charge in [-0.25, -0.2) is 0 Å². The van der Waals surface area contributed by atoms with Crippen molar-refractivity contribution >= 4 is 17.3 Å². The quantitative estimate of drug-likeness (QED) is 0.835. The Morgan fingerprint density at radius 1 is 1.39 bits per heavy atom. The number of rotatable bonds is 5. The van der Waals surface area contributed by atoms with Crippen LogP contribution in [0, 0.1) is 5.92 Å². The molecule has 1 saturated heterocycles. The van der Waals surface area contributed by atoms with E-state index < -0.39 is 0 Å². The van der Waals surface area contributed by atoms with E-state index in [0.29, 0.717) is 23.2 Å². The Kier molecular flexibility index (Phi) is 4.72. The molecule has 1 heterocycles. The molecule has 2 rings (SSSR count). The van der Waals surface area contributed by atoms with E-state index in [2.05, 4.69) is 11.8 Å². The molecule has 1 aromatic rings. The predicted octanol–water partition coefficient (Wildman–Crippen LogP) is 3.03. The first kappa shape index (κ1) is 13.5. The fraction of sp³-hybridized carbons (Fsp3) is 0.571. The van der Waals surface area contributed by atoms with E-state index in [4.69, 9.17) is 22.1 Å². The minimum absolute atomic E-state index is 0.512. The molecule has 1 aliphatic rings. The second-order valence-corrected chi connectivity index (χ2v) is 5.54. The lowest BCUT2D eigenvalue weighted by Gasteiger charge is -2.20. The van der Waals surface area contributed by atoms with Crippen LogP contribution in [0.3, 0.4) is 0 Å². The molecule has 1 aromatic carbocycles. The monoisotopic (exact) mass is 268 g/mol. The smallest absolute Gasteiger partial charge is 0.142 e. The number of nitrogens with zero attached hydrogens (tertiary/aromatic N) is 1. The number of likely N-dealkylation sites (tertiary alicyclic amines) is 1. The van der Waals surface area contributed by atoms with Crippen LogP contribution in [0.2, 0.25) is 5.02 Å². The van der Waals surface area contributed by atoms with Crippen molar-refractivity contribution < 1.29 is 4.74 Å². The highest BCUT2D eigenvalue weighted by Crippen LogP contribution is 2.25. The first-order valence-corrected chi connectivity index (χ1v) is 6.93. The highest BCUT2D eigenvalue weighted by Gasteiger charge is 2.15. The average Bonchev–Trinajstić information content (AvgIpc) is 2.80. The van der Waals surface area contributed by atoms with Crippen molar-refractivity contribution in [3.63, 3.8) is 0 Å². The third-order valence-corrected chi connectivity index (χ3v) is 3.50. The van der Waals surface area contributed by atoms with Gasteiger partial charge in [0.25, 0.3) is 0 Å². The summed E-state index contributed by atoms with van der Waals surface area (Å²) < 4.78 is 5.75. The third-order valence-electron chi connectivity index (χ3n) is 3.26. The molecular formula is C14H21ClN2O. The molecule has 0 saturated carbocycles. The summed E-state index contributed by atoms with van der Waals surface area (Å²) >= 11 is 5.85. The summed E-state index contributed by atoms with van der Waals surface area (Å²) in [6, 6.07) is 5.36. The van der Waals surface area contributed by atoms with Crippen molar-refractivity contribution in [1.82, 2.24) is 4.90 Å². The Morgan fingerprint density at radius 3 is 2.78 bits per heavy atom. The zero-order chi connectivity index (χ0) is 13.0. The maximum absolute atomic E-state index is 5.85. The van der Waals surface area contributed by atoms with Crippen LogP contribution >= 0.6 is 11.6 Å². The van der Waals surface area contributed by atoms with Gasteiger partial charge in [-0.05, 0) is 44.1 Å². The van der Waals surface area contributed by atoms with E-state index in [-0.39, 0.29) is 0 Å². The van der Waals surface area contributed by atoms with Gasteiger partial charge < -0.3 is 15.4 Å². The van der Waals surface area contributed by atoms with Crippen molar-refractivity contribution in [2.45, 2.75) is 19.8 Å². The highest BCUT2D eigenvalue weighted by atomic mass is 35.5. The van der Waals surface area contributed by atoms with Crippen molar-refractivity contribution in [1.29, 1.82) is 0 Å². The Hall–Kier alpha value is -0.930. The number of hydrogen-bond donors (Lipinski definition) is 1. The molecule has 1 aliphatic heterocycles. The van der Waals surface area contributed by atoms with Gasteiger partial charge in [0.2, 0.25) is 0 Å². The Bertz CT molecular complexity index is 391. The van der Waals surface area contributed by atoms with Gasteiger partial charge in [0.1, 0.15) is 5.75 Å². The van der Waals surface area contributed by atoms with Gasteiger partial charge >= 0.3 is 0 Å². The number of hydrogen-bond acceptors (Lipinski definition) is 3. The number of anilines is 1. The molecular weight excluding hydrogens is 248 g/mol. The molecule has 0 bridgehead atoms. The van der Waals surface area contributed by atoms with Gasteiger partial charge in [-0.3, -0.25) is 0 Å². The number of nitrogen functional groups attached to an aromatic ring is 1. The first-order chi connectivity index (χ1) is 8.65. The topological polar surface area (TPSA) is 38.5 Å². The molecule has 1 atom stereocenters. The Labute approximate surface area is 114 Å². The van der Waals surface area contributed by atoms with Gasteiger partial charge in [0.05, 0.1) is 12.3 Å². The van der Waals surface area contributed by atoms with Crippen molar-refractivity contribution in [2.24, 2.45) is 5.92 Å². The normalized spacial score (nSPS) is 17.9. The molecule has 2 N–H and O–H groups in total. The van der Waals surface area contributed by atoms with E-state index in [9.17, 15) is 0 Å². The molecule has 1 fully saturated rings. The zero-order valence-corrected chi connectivity index (χ0v) is 11.6. The molecule has 0 amide bonds. The zero-order valence-electron chi connectivity index (χ0n) is 10.9. The molecule has 0 spiro atoms. The van der Waals surface area contributed by atoms with E-state index in [1.54, 1.807) is 12.1 Å².